The standard InChI is InChI=1S/C11H13NO4/c12-8-15-10(13)6-7-11(14)16-9-4-2-1-3-5-9/h1-5H,6-8,12H2. The number of rotatable bonds is 5. The fourth-order valence-electron chi connectivity index (χ4n) is 1.04. The van der Waals surface area contributed by atoms with Gasteiger partial charge in [-0.1, -0.05) is 18.2 Å². The number of benzene rings is 1. The van der Waals surface area contributed by atoms with Gasteiger partial charge in [-0.2, -0.15) is 0 Å². The number of para-hydroxylation sites is 1. The van der Waals surface area contributed by atoms with E-state index in [9.17, 15) is 9.59 Å². The number of esters is 2. The van der Waals surface area contributed by atoms with Crippen molar-refractivity contribution in [1.82, 2.24) is 0 Å². The number of nitrogens with two attached hydrogens (primary N) is 1. The van der Waals surface area contributed by atoms with E-state index in [1.54, 1.807) is 24.3 Å². The Morgan fingerprint density at radius 2 is 1.69 bits per heavy atom. The summed E-state index contributed by atoms with van der Waals surface area (Å²) in [5.41, 5.74) is 5.00. The highest BCUT2D eigenvalue weighted by molar-refractivity contribution is 5.78. The predicted molar refractivity (Wildman–Crippen MR) is 56.5 cm³/mol. The molecular formula is C11H13NO4. The lowest BCUT2D eigenvalue weighted by molar-refractivity contribution is -0.146. The molecule has 0 aliphatic carbocycles. The lowest BCUT2D eigenvalue weighted by atomic mass is 10.3. The van der Waals surface area contributed by atoms with Crippen molar-refractivity contribution in [2.45, 2.75) is 12.8 Å². The first-order valence-electron chi connectivity index (χ1n) is 4.84. The minimum Gasteiger partial charge on any atom is -0.450 e. The second-order valence-corrected chi connectivity index (χ2v) is 2.97. The summed E-state index contributed by atoms with van der Waals surface area (Å²) in [6, 6.07) is 8.65. The Morgan fingerprint density at radius 1 is 1.06 bits per heavy atom. The second kappa shape index (κ2) is 6.58. The third-order valence-corrected chi connectivity index (χ3v) is 1.75. The Labute approximate surface area is 93.1 Å². The van der Waals surface area contributed by atoms with Crippen LogP contribution < -0.4 is 10.5 Å². The zero-order valence-corrected chi connectivity index (χ0v) is 8.72. The van der Waals surface area contributed by atoms with Crippen molar-refractivity contribution in [1.29, 1.82) is 0 Å². The van der Waals surface area contributed by atoms with Gasteiger partial charge in [0.15, 0.2) is 0 Å². The summed E-state index contributed by atoms with van der Waals surface area (Å²) < 4.78 is 9.44. The fourth-order valence-corrected chi connectivity index (χ4v) is 1.04. The van der Waals surface area contributed by atoms with Crippen LogP contribution in [0.3, 0.4) is 0 Å². The van der Waals surface area contributed by atoms with Crippen molar-refractivity contribution in [3.63, 3.8) is 0 Å². The number of hydrogen-bond donors (Lipinski definition) is 1. The summed E-state index contributed by atoms with van der Waals surface area (Å²) in [4.78, 5) is 22.1. The molecule has 0 atom stereocenters. The molecule has 0 aliphatic rings. The zero-order valence-electron chi connectivity index (χ0n) is 8.72. The highest BCUT2D eigenvalue weighted by Gasteiger charge is 2.09. The maximum absolute atomic E-state index is 11.3. The lowest BCUT2D eigenvalue weighted by Gasteiger charge is -2.03. The molecule has 0 radical (unpaired) electrons. The van der Waals surface area contributed by atoms with E-state index in [4.69, 9.17) is 10.5 Å². The van der Waals surface area contributed by atoms with Crippen molar-refractivity contribution in [2.75, 3.05) is 6.73 Å². The molecule has 0 heterocycles. The molecule has 0 fully saturated rings. The van der Waals surface area contributed by atoms with Gasteiger partial charge >= 0.3 is 11.9 Å². The SMILES string of the molecule is NCOC(=O)CCC(=O)Oc1ccccc1. The fraction of sp³-hybridized carbons (Fsp3) is 0.273. The maximum Gasteiger partial charge on any atom is 0.311 e. The molecule has 0 aliphatic heterocycles. The van der Waals surface area contributed by atoms with Gasteiger partial charge in [-0.15, -0.1) is 0 Å². The summed E-state index contributed by atoms with van der Waals surface area (Å²) in [7, 11) is 0. The summed E-state index contributed by atoms with van der Waals surface area (Å²) in [5.74, 6) is -0.521. The van der Waals surface area contributed by atoms with E-state index in [0.29, 0.717) is 5.75 Å². The summed E-state index contributed by atoms with van der Waals surface area (Å²) >= 11 is 0. The monoisotopic (exact) mass is 223 g/mol. The van der Waals surface area contributed by atoms with E-state index < -0.39 is 11.9 Å². The van der Waals surface area contributed by atoms with E-state index in [0.717, 1.165) is 0 Å². The molecular weight excluding hydrogens is 210 g/mol. The summed E-state index contributed by atoms with van der Waals surface area (Å²) in [5, 5.41) is 0. The van der Waals surface area contributed by atoms with Gasteiger partial charge in [0.2, 0.25) is 0 Å². The average Bonchev–Trinajstić information content (AvgIpc) is 2.28. The van der Waals surface area contributed by atoms with Crippen LogP contribution in [0.15, 0.2) is 30.3 Å². The molecule has 5 nitrogen and oxygen atoms in total. The first-order valence-corrected chi connectivity index (χ1v) is 4.84. The van der Waals surface area contributed by atoms with E-state index in [2.05, 4.69) is 4.74 Å². The summed E-state index contributed by atoms with van der Waals surface area (Å²) in [6.45, 7) is -0.174. The van der Waals surface area contributed by atoms with Gasteiger partial charge in [0.25, 0.3) is 0 Å². The molecule has 1 aromatic carbocycles. The van der Waals surface area contributed by atoms with Crippen LogP contribution in [0.5, 0.6) is 5.75 Å². The van der Waals surface area contributed by atoms with Gasteiger partial charge in [0.1, 0.15) is 12.5 Å². The molecule has 0 spiro atoms. The van der Waals surface area contributed by atoms with Crippen LogP contribution >= 0.6 is 0 Å². The van der Waals surface area contributed by atoms with Crippen LogP contribution in [-0.2, 0) is 14.3 Å². The Balaban J connectivity index is 2.29. The normalized spacial score (nSPS) is 9.56. The lowest BCUT2D eigenvalue weighted by Crippen LogP contribution is -2.15. The minimum atomic E-state index is -0.507. The number of hydrogen-bond acceptors (Lipinski definition) is 5. The number of ether oxygens (including phenoxy) is 2. The first kappa shape index (κ1) is 12.2. The van der Waals surface area contributed by atoms with Crippen molar-refractivity contribution >= 4 is 11.9 Å². The van der Waals surface area contributed by atoms with Crippen molar-refractivity contribution < 1.29 is 19.1 Å². The largest absolute Gasteiger partial charge is 0.450 e. The van der Waals surface area contributed by atoms with Gasteiger partial charge in [0, 0.05) is 0 Å². The van der Waals surface area contributed by atoms with E-state index in [1.807, 2.05) is 6.07 Å². The van der Waals surface area contributed by atoms with Crippen LogP contribution in [0.1, 0.15) is 12.8 Å². The maximum atomic E-state index is 11.3. The minimum absolute atomic E-state index is 0.0201. The molecule has 0 aromatic heterocycles. The van der Waals surface area contributed by atoms with E-state index in [-0.39, 0.29) is 19.6 Å². The zero-order chi connectivity index (χ0) is 11.8. The molecule has 1 aromatic rings. The highest BCUT2D eigenvalue weighted by atomic mass is 16.5. The van der Waals surface area contributed by atoms with Crippen LogP contribution in [-0.4, -0.2) is 18.7 Å². The molecule has 2 N–H and O–H groups in total. The van der Waals surface area contributed by atoms with Crippen molar-refractivity contribution in [3.8, 4) is 5.75 Å². The Kier molecular flexibility index (Phi) is 5.01. The molecule has 16 heavy (non-hydrogen) atoms. The molecule has 0 unspecified atom stereocenters. The summed E-state index contributed by atoms with van der Waals surface area (Å²) in [6.07, 6.45) is -0.0450. The van der Waals surface area contributed by atoms with Crippen LogP contribution in [0.25, 0.3) is 0 Å². The number of carbonyl (C=O) groups excluding carboxylic acids is 2. The quantitative estimate of drug-likeness (QED) is 0.454. The highest BCUT2D eigenvalue weighted by Crippen LogP contribution is 2.09. The van der Waals surface area contributed by atoms with E-state index in [1.165, 1.54) is 0 Å². The third kappa shape index (κ3) is 4.56. The Bertz CT molecular complexity index is 350. The smallest absolute Gasteiger partial charge is 0.311 e. The Morgan fingerprint density at radius 3 is 2.31 bits per heavy atom. The van der Waals surface area contributed by atoms with Gasteiger partial charge in [-0.3, -0.25) is 15.3 Å². The van der Waals surface area contributed by atoms with Crippen LogP contribution in [0.4, 0.5) is 0 Å². The Hall–Kier alpha value is -1.88. The second-order valence-electron chi connectivity index (χ2n) is 2.97. The van der Waals surface area contributed by atoms with Gasteiger partial charge < -0.3 is 9.47 Å². The first-order chi connectivity index (χ1) is 7.72. The van der Waals surface area contributed by atoms with Gasteiger partial charge in [-0.25, -0.2) is 0 Å². The molecule has 0 saturated heterocycles. The molecule has 0 saturated carbocycles. The van der Waals surface area contributed by atoms with E-state index >= 15 is 0 Å². The van der Waals surface area contributed by atoms with Crippen molar-refractivity contribution in [3.05, 3.63) is 30.3 Å². The average molecular weight is 223 g/mol. The van der Waals surface area contributed by atoms with Crippen LogP contribution in [0.2, 0.25) is 0 Å². The third-order valence-electron chi connectivity index (χ3n) is 1.75. The molecule has 1 rings (SSSR count). The molecule has 0 amide bonds. The number of carbonyl (C=O) groups is 2. The predicted octanol–water partition coefficient (Wildman–Crippen LogP) is 0.832. The van der Waals surface area contributed by atoms with Crippen LogP contribution in [0, 0.1) is 0 Å². The van der Waals surface area contributed by atoms with Gasteiger partial charge in [0.05, 0.1) is 12.8 Å². The molecule has 0 bridgehead atoms. The van der Waals surface area contributed by atoms with Crippen molar-refractivity contribution in [2.24, 2.45) is 5.73 Å². The molecule has 86 valence electrons. The topological polar surface area (TPSA) is 78.6 Å². The van der Waals surface area contributed by atoms with Gasteiger partial charge in [-0.05, 0) is 12.1 Å². The molecule has 5 heteroatoms.